The van der Waals surface area contributed by atoms with Crippen LogP contribution in [0.4, 0.5) is 0 Å². The largest absolute Gasteiger partial charge is 0.507 e. The maximum Gasteiger partial charge on any atom is 0.328 e. The zero-order valence-corrected chi connectivity index (χ0v) is 8.16. The van der Waals surface area contributed by atoms with E-state index in [2.05, 4.69) is 0 Å². The van der Waals surface area contributed by atoms with Crippen molar-refractivity contribution in [3.8, 4) is 5.75 Å². The second-order valence-electron chi connectivity index (χ2n) is 3.06. The average molecular weight is 223 g/mol. The molecule has 0 saturated carbocycles. The van der Waals surface area contributed by atoms with Gasteiger partial charge in [0.1, 0.15) is 5.75 Å². The Kier molecular flexibility index (Phi) is 3.60. The lowest BCUT2D eigenvalue weighted by atomic mass is 10.1. The van der Waals surface area contributed by atoms with Crippen molar-refractivity contribution >= 4 is 12.0 Å². The molecule has 0 bridgehead atoms. The topological polar surface area (TPSA) is 101 Å². The molecule has 0 heterocycles. The van der Waals surface area contributed by atoms with Gasteiger partial charge in [0.2, 0.25) is 6.54 Å². The Morgan fingerprint density at radius 3 is 2.75 bits per heavy atom. The Morgan fingerprint density at radius 1 is 1.50 bits per heavy atom. The lowest BCUT2D eigenvalue weighted by Gasteiger charge is -2.00. The van der Waals surface area contributed by atoms with E-state index in [-0.39, 0.29) is 17.9 Å². The first-order chi connectivity index (χ1) is 7.49. The molecule has 1 rings (SSSR count). The van der Waals surface area contributed by atoms with E-state index < -0.39 is 10.9 Å². The minimum atomic E-state index is -1.15. The highest BCUT2D eigenvalue weighted by Crippen LogP contribution is 2.20. The van der Waals surface area contributed by atoms with Crippen molar-refractivity contribution in [1.82, 2.24) is 0 Å². The smallest absolute Gasteiger partial charge is 0.328 e. The molecular formula is C10H9NO5. The number of aromatic hydroxyl groups is 1. The Balaban J connectivity index is 2.99. The Hall–Kier alpha value is -2.37. The van der Waals surface area contributed by atoms with Crippen LogP contribution in [0.1, 0.15) is 11.1 Å². The van der Waals surface area contributed by atoms with Crippen molar-refractivity contribution in [2.75, 3.05) is 0 Å². The number of carbonyl (C=O) groups is 1. The van der Waals surface area contributed by atoms with E-state index in [0.717, 1.165) is 6.08 Å². The van der Waals surface area contributed by atoms with E-state index in [1.807, 2.05) is 0 Å². The standard InChI is InChI=1S/C10H9NO5/c12-9-3-1-7(6-11(15)16)5-8(9)2-4-10(13)14/h1-5,12H,6H2,(H,13,14)/b4-2+. The molecule has 0 saturated heterocycles. The van der Waals surface area contributed by atoms with Gasteiger partial charge in [0.05, 0.1) is 0 Å². The lowest BCUT2D eigenvalue weighted by molar-refractivity contribution is -0.496. The molecule has 6 heteroatoms. The van der Waals surface area contributed by atoms with E-state index in [1.54, 1.807) is 0 Å². The zero-order valence-electron chi connectivity index (χ0n) is 8.16. The van der Waals surface area contributed by atoms with Gasteiger partial charge in [-0.3, -0.25) is 10.1 Å². The van der Waals surface area contributed by atoms with Gasteiger partial charge in [0, 0.05) is 22.1 Å². The Labute approximate surface area is 90.6 Å². The van der Waals surface area contributed by atoms with Crippen LogP contribution in [0.25, 0.3) is 6.08 Å². The van der Waals surface area contributed by atoms with Crippen molar-refractivity contribution in [2.45, 2.75) is 6.54 Å². The van der Waals surface area contributed by atoms with E-state index in [0.29, 0.717) is 5.56 Å². The number of aliphatic carboxylic acids is 1. The van der Waals surface area contributed by atoms with Gasteiger partial charge in [-0.2, -0.15) is 0 Å². The van der Waals surface area contributed by atoms with Gasteiger partial charge in [-0.1, -0.05) is 0 Å². The summed E-state index contributed by atoms with van der Waals surface area (Å²) in [6.45, 7) is -0.367. The van der Waals surface area contributed by atoms with Crippen LogP contribution in [0.5, 0.6) is 5.75 Å². The number of rotatable bonds is 4. The van der Waals surface area contributed by atoms with Crippen LogP contribution < -0.4 is 0 Å². The predicted octanol–water partition coefficient (Wildman–Crippen LogP) is 1.27. The average Bonchev–Trinajstić information content (AvgIpc) is 2.18. The lowest BCUT2D eigenvalue weighted by Crippen LogP contribution is -1.98. The molecule has 0 aliphatic heterocycles. The molecule has 6 nitrogen and oxygen atoms in total. The fourth-order valence-electron chi connectivity index (χ4n) is 1.15. The number of carboxylic acid groups (broad SMARTS) is 1. The summed E-state index contributed by atoms with van der Waals surface area (Å²) in [5, 5.41) is 28.0. The van der Waals surface area contributed by atoms with Gasteiger partial charge >= 0.3 is 5.97 Å². The molecule has 0 unspecified atom stereocenters. The monoisotopic (exact) mass is 223 g/mol. The third-order valence-electron chi connectivity index (χ3n) is 1.81. The molecule has 16 heavy (non-hydrogen) atoms. The van der Waals surface area contributed by atoms with Crippen molar-refractivity contribution in [1.29, 1.82) is 0 Å². The predicted molar refractivity (Wildman–Crippen MR) is 55.5 cm³/mol. The van der Waals surface area contributed by atoms with Gasteiger partial charge in [-0.25, -0.2) is 4.79 Å². The van der Waals surface area contributed by atoms with Crippen LogP contribution in [0.3, 0.4) is 0 Å². The van der Waals surface area contributed by atoms with Crippen LogP contribution in [0.15, 0.2) is 24.3 Å². The summed E-state index contributed by atoms with van der Waals surface area (Å²) in [5.74, 6) is -1.27. The van der Waals surface area contributed by atoms with Gasteiger partial charge in [-0.05, 0) is 24.3 Å². The quantitative estimate of drug-likeness (QED) is 0.454. The SMILES string of the molecule is O=C(O)/C=C/c1cc(C[N+](=O)[O-])ccc1O. The first kappa shape index (κ1) is 11.7. The molecular weight excluding hydrogens is 214 g/mol. The van der Waals surface area contributed by atoms with Crippen molar-refractivity contribution < 1.29 is 19.9 Å². The van der Waals surface area contributed by atoms with Crippen molar-refractivity contribution in [2.24, 2.45) is 0 Å². The fourth-order valence-corrected chi connectivity index (χ4v) is 1.15. The van der Waals surface area contributed by atoms with Gasteiger partial charge in [-0.15, -0.1) is 0 Å². The molecule has 2 N–H and O–H groups in total. The minimum Gasteiger partial charge on any atom is -0.507 e. The molecule has 0 amide bonds. The number of phenols is 1. The van der Waals surface area contributed by atoms with Crippen LogP contribution in [0, 0.1) is 10.1 Å². The number of hydrogen-bond donors (Lipinski definition) is 2. The molecule has 0 aliphatic rings. The first-order valence-electron chi connectivity index (χ1n) is 4.33. The van der Waals surface area contributed by atoms with Crippen LogP contribution in [-0.2, 0) is 11.3 Å². The fraction of sp³-hybridized carbons (Fsp3) is 0.100. The number of nitrogens with zero attached hydrogens (tertiary/aromatic N) is 1. The summed E-state index contributed by atoms with van der Waals surface area (Å²) in [5.41, 5.74) is 0.634. The first-order valence-corrected chi connectivity index (χ1v) is 4.33. The molecule has 84 valence electrons. The number of nitro groups is 1. The van der Waals surface area contributed by atoms with Crippen LogP contribution in [0.2, 0.25) is 0 Å². The summed E-state index contributed by atoms with van der Waals surface area (Å²) >= 11 is 0. The minimum absolute atomic E-state index is 0.121. The second-order valence-corrected chi connectivity index (χ2v) is 3.06. The zero-order chi connectivity index (χ0) is 12.1. The molecule has 1 aromatic carbocycles. The molecule has 0 spiro atoms. The third kappa shape index (κ3) is 3.41. The number of carboxylic acids is 1. The van der Waals surface area contributed by atoms with Crippen LogP contribution >= 0.6 is 0 Å². The molecule has 0 aliphatic carbocycles. The molecule has 0 aromatic heterocycles. The molecule has 0 radical (unpaired) electrons. The summed E-state index contributed by atoms with van der Waals surface area (Å²) in [6, 6.07) is 4.08. The number of hydrogen-bond acceptors (Lipinski definition) is 4. The van der Waals surface area contributed by atoms with E-state index in [1.165, 1.54) is 24.3 Å². The highest BCUT2D eigenvalue weighted by molar-refractivity contribution is 5.85. The van der Waals surface area contributed by atoms with E-state index in [9.17, 15) is 20.0 Å². The van der Waals surface area contributed by atoms with Crippen molar-refractivity contribution in [3.05, 3.63) is 45.5 Å². The van der Waals surface area contributed by atoms with Gasteiger partial charge in [0.25, 0.3) is 0 Å². The van der Waals surface area contributed by atoms with Crippen molar-refractivity contribution in [3.63, 3.8) is 0 Å². The Bertz CT molecular complexity index is 453. The van der Waals surface area contributed by atoms with E-state index in [4.69, 9.17) is 5.11 Å². The maximum atomic E-state index is 10.3. The number of benzene rings is 1. The summed E-state index contributed by atoms with van der Waals surface area (Å²) < 4.78 is 0. The molecule has 0 atom stereocenters. The third-order valence-corrected chi connectivity index (χ3v) is 1.81. The second kappa shape index (κ2) is 4.92. The summed E-state index contributed by atoms with van der Waals surface area (Å²) in [6.07, 6.45) is 2.03. The number of phenolic OH excluding ortho intramolecular Hbond substituents is 1. The Morgan fingerprint density at radius 2 is 2.19 bits per heavy atom. The highest BCUT2D eigenvalue weighted by atomic mass is 16.6. The summed E-state index contributed by atoms with van der Waals surface area (Å²) in [4.78, 5) is 20.0. The normalized spacial score (nSPS) is 10.5. The maximum absolute atomic E-state index is 10.3. The van der Waals surface area contributed by atoms with Gasteiger partial charge in [0.15, 0.2) is 0 Å². The molecule has 1 aromatic rings. The van der Waals surface area contributed by atoms with Crippen LogP contribution in [-0.4, -0.2) is 21.1 Å². The van der Waals surface area contributed by atoms with E-state index >= 15 is 0 Å². The van der Waals surface area contributed by atoms with Gasteiger partial charge < -0.3 is 10.2 Å². The molecule has 0 fully saturated rings. The summed E-state index contributed by atoms with van der Waals surface area (Å²) in [7, 11) is 0. The highest BCUT2D eigenvalue weighted by Gasteiger charge is 2.05.